The van der Waals surface area contributed by atoms with Gasteiger partial charge in [0.05, 0.1) is 18.5 Å². The van der Waals surface area contributed by atoms with Gasteiger partial charge in [-0.2, -0.15) is 5.10 Å². The largest absolute Gasteiger partial charge is 0.497 e. The van der Waals surface area contributed by atoms with Gasteiger partial charge in [-0.05, 0) is 67.1 Å². The molecule has 0 saturated carbocycles. The molecule has 0 radical (unpaired) electrons. The van der Waals surface area contributed by atoms with Gasteiger partial charge < -0.3 is 10.1 Å². The fourth-order valence-corrected chi connectivity index (χ4v) is 3.22. The number of nitrogens with zero attached hydrogens (tertiary/aromatic N) is 3. The van der Waals surface area contributed by atoms with Crippen LogP contribution in [0.3, 0.4) is 0 Å². The van der Waals surface area contributed by atoms with E-state index >= 15 is 0 Å². The number of halogens is 1. The first kappa shape index (κ1) is 19.7. The average Bonchev–Trinajstić information content (AvgIpc) is 3.22. The number of carbonyl (C=O) groups is 1. The summed E-state index contributed by atoms with van der Waals surface area (Å²) in [6.45, 7) is 1.91. The Morgan fingerprint density at radius 3 is 2.60 bits per heavy atom. The number of ether oxygens (including phenoxy) is 1. The van der Waals surface area contributed by atoms with Crippen molar-refractivity contribution in [3.63, 3.8) is 0 Å². The zero-order chi connectivity index (χ0) is 21.1. The lowest BCUT2D eigenvalue weighted by atomic mass is 10.1. The second kappa shape index (κ2) is 8.39. The van der Waals surface area contributed by atoms with Crippen LogP contribution < -0.4 is 10.1 Å². The van der Waals surface area contributed by atoms with Crippen LogP contribution in [0.1, 0.15) is 16.1 Å². The number of nitrogens with one attached hydrogen (secondary N) is 1. The van der Waals surface area contributed by atoms with E-state index in [0.717, 1.165) is 28.3 Å². The number of rotatable bonds is 5. The summed E-state index contributed by atoms with van der Waals surface area (Å²) in [5.41, 5.74) is 4.24. The van der Waals surface area contributed by atoms with E-state index < -0.39 is 0 Å². The van der Waals surface area contributed by atoms with E-state index in [-0.39, 0.29) is 11.6 Å². The number of anilines is 1. The molecular weight excluding hydrogens is 400 g/mol. The number of aryl methyl sites for hydroxylation is 1. The second-order valence-electron chi connectivity index (χ2n) is 6.68. The molecule has 7 heteroatoms. The first-order valence-electron chi connectivity index (χ1n) is 9.27. The molecule has 0 aliphatic heterocycles. The number of carbonyl (C=O) groups excluding carboxylic acids is 1. The minimum Gasteiger partial charge on any atom is -0.497 e. The Kier molecular flexibility index (Phi) is 5.50. The monoisotopic (exact) mass is 418 g/mol. The van der Waals surface area contributed by atoms with E-state index in [9.17, 15) is 4.79 Å². The molecule has 4 rings (SSSR count). The topological polar surface area (TPSA) is 69.0 Å². The van der Waals surface area contributed by atoms with E-state index in [2.05, 4.69) is 15.4 Å². The van der Waals surface area contributed by atoms with Crippen molar-refractivity contribution in [3.8, 4) is 22.7 Å². The molecule has 150 valence electrons. The number of pyridine rings is 1. The molecule has 0 bridgehead atoms. The standard InChI is InChI=1S/C23H19ClN4O2/c1-15-5-6-17(24)12-20(15)26-23(29)21-13-22(16-4-3-11-25-14-16)28(27-21)18-7-9-19(30-2)10-8-18/h3-14H,1-2H3,(H,26,29). The Morgan fingerprint density at radius 2 is 1.90 bits per heavy atom. The van der Waals surface area contributed by atoms with E-state index in [1.165, 1.54) is 0 Å². The van der Waals surface area contributed by atoms with E-state index in [4.69, 9.17) is 16.3 Å². The third-order valence-electron chi connectivity index (χ3n) is 4.66. The van der Waals surface area contributed by atoms with Crippen LogP contribution in [0.15, 0.2) is 73.1 Å². The summed E-state index contributed by atoms with van der Waals surface area (Å²) in [4.78, 5) is 17.1. The van der Waals surface area contributed by atoms with Gasteiger partial charge in [-0.1, -0.05) is 17.7 Å². The average molecular weight is 419 g/mol. The molecule has 2 heterocycles. The maximum absolute atomic E-state index is 12.9. The summed E-state index contributed by atoms with van der Waals surface area (Å²) in [7, 11) is 1.62. The van der Waals surface area contributed by atoms with Gasteiger partial charge in [0.2, 0.25) is 0 Å². The molecule has 0 fully saturated rings. The van der Waals surface area contributed by atoms with Crippen molar-refractivity contribution >= 4 is 23.2 Å². The summed E-state index contributed by atoms with van der Waals surface area (Å²) in [5.74, 6) is 0.418. The van der Waals surface area contributed by atoms with E-state index in [1.807, 2.05) is 49.4 Å². The van der Waals surface area contributed by atoms with Crippen LogP contribution in [0, 0.1) is 6.92 Å². The highest BCUT2D eigenvalue weighted by Gasteiger charge is 2.18. The number of aromatic nitrogens is 3. The molecule has 0 saturated heterocycles. The molecule has 0 unspecified atom stereocenters. The minimum atomic E-state index is -0.322. The smallest absolute Gasteiger partial charge is 0.276 e. The molecule has 0 atom stereocenters. The predicted molar refractivity (Wildman–Crippen MR) is 117 cm³/mol. The lowest BCUT2D eigenvalue weighted by molar-refractivity contribution is 0.102. The lowest BCUT2D eigenvalue weighted by Gasteiger charge is -2.08. The lowest BCUT2D eigenvalue weighted by Crippen LogP contribution is -2.14. The summed E-state index contributed by atoms with van der Waals surface area (Å²) >= 11 is 6.07. The zero-order valence-corrected chi connectivity index (χ0v) is 17.2. The van der Waals surface area contributed by atoms with Crippen LogP contribution in [0.5, 0.6) is 5.75 Å². The highest BCUT2D eigenvalue weighted by Crippen LogP contribution is 2.26. The maximum Gasteiger partial charge on any atom is 0.276 e. The van der Waals surface area contributed by atoms with Gasteiger partial charge in [0, 0.05) is 28.7 Å². The minimum absolute atomic E-state index is 0.282. The van der Waals surface area contributed by atoms with Gasteiger partial charge in [-0.15, -0.1) is 0 Å². The van der Waals surface area contributed by atoms with E-state index in [1.54, 1.807) is 42.4 Å². The third-order valence-corrected chi connectivity index (χ3v) is 4.90. The van der Waals surface area contributed by atoms with Crippen molar-refractivity contribution in [1.29, 1.82) is 0 Å². The molecule has 0 aliphatic carbocycles. The number of benzene rings is 2. The molecule has 1 amide bonds. The molecule has 1 N–H and O–H groups in total. The van der Waals surface area contributed by atoms with Crippen molar-refractivity contribution in [2.45, 2.75) is 6.92 Å². The first-order valence-corrected chi connectivity index (χ1v) is 9.65. The third kappa shape index (κ3) is 4.04. The predicted octanol–water partition coefficient (Wildman–Crippen LogP) is 5.16. The Morgan fingerprint density at radius 1 is 1.10 bits per heavy atom. The number of hydrogen-bond acceptors (Lipinski definition) is 4. The zero-order valence-electron chi connectivity index (χ0n) is 16.5. The first-order chi connectivity index (χ1) is 14.5. The molecule has 2 aromatic carbocycles. The van der Waals surface area contributed by atoms with Crippen LogP contribution in [0.2, 0.25) is 5.02 Å². The van der Waals surface area contributed by atoms with Crippen LogP contribution in [-0.4, -0.2) is 27.8 Å². The van der Waals surface area contributed by atoms with Gasteiger partial charge in [-0.3, -0.25) is 9.78 Å². The molecular formula is C23H19ClN4O2. The molecule has 0 aliphatic rings. The SMILES string of the molecule is COc1ccc(-n2nc(C(=O)Nc3cc(Cl)ccc3C)cc2-c2cccnc2)cc1. The summed E-state index contributed by atoms with van der Waals surface area (Å²) in [5, 5.41) is 8.01. The highest BCUT2D eigenvalue weighted by molar-refractivity contribution is 6.31. The Labute approximate surface area is 179 Å². The number of amides is 1. The van der Waals surface area contributed by atoms with Crippen molar-refractivity contribution in [2.75, 3.05) is 12.4 Å². The van der Waals surface area contributed by atoms with Crippen LogP contribution in [-0.2, 0) is 0 Å². The van der Waals surface area contributed by atoms with Crippen LogP contribution in [0.25, 0.3) is 16.9 Å². The number of methoxy groups -OCH3 is 1. The van der Waals surface area contributed by atoms with Crippen molar-refractivity contribution in [3.05, 3.63) is 89.3 Å². The van der Waals surface area contributed by atoms with Gasteiger partial charge >= 0.3 is 0 Å². The van der Waals surface area contributed by atoms with Crippen molar-refractivity contribution in [2.24, 2.45) is 0 Å². The van der Waals surface area contributed by atoms with Crippen LogP contribution >= 0.6 is 11.6 Å². The van der Waals surface area contributed by atoms with Gasteiger partial charge in [0.25, 0.3) is 5.91 Å². The van der Waals surface area contributed by atoms with Gasteiger partial charge in [-0.25, -0.2) is 4.68 Å². The summed E-state index contributed by atoms with van der Waals surface area (Å²) in [6, 6.07) is 18.3. The fourth-order valence-electron chi connectivity index (χ4n) is 3.05. The number of hydrogen-bond donors (Lipinski definition) is 1. The Balaban J connectivity index is 1.74. The van der Waals surface area contributed by atoms with Gasteiger partial charge in [0.1, 0.15) is 5.75 Å². The Hall–Kier alpha value is -3.64. The summed E-state index contributed by atoms with van der Waals surface area (Å²) < 4.78 is 6.95. The van der Waals surface area contributed by atoms with Crippen molar-refractivity contribution < 1.29 is 9.53 Å². The fraction of sp³-hybridized carbons (Fsp3) is 0.0870. The highest BCUT2D eigenvalue weighted by atomic mass is 35.5. The van der Waals surface area contributed by atoms with Gasteiger partial charge in [0.15, 0.2) is 5.69 Å². The normalized spacial score (nSPS) is 10.6. The summed E-state index contributed by atoms with van der Waals surface area (Å²) in [6.07, 6.45) is 3.44. The van der Waals surface area contributed by atoms with E-state index in [0.29, 0.717) is 10.7 Å². The second-order valence-corrected chi connectivity index (χ2v) is 7.12. The maximum atomic E-state index is 12.9. The Bertz CT molecular complexity index is 1190. The quantitative estimate of drug-likeness (QED) is 0.486. The molecule has 30 heavy (non-hydrogen) atoms. The molecule has 0 spiro atoms. The van der Waals surface area contributed by atoms with Crippen LogP contribution in [0.4, 0.5) is 5.69 Å². The van der Waals surface area contributed by atoms with Crippen molar-refractivity contribution in [1.82, 2.24) is 14.8 Å². The molecule has 6 nitrogen and oxygen atoms in total. The molecule has 4 aromatic rings. The molecule has 2 aromatic heterocycles.